The molecule has 1 aliphatic heterocycles. The molecule has 0 aromatic carbocycles. The van der Waals surface area contributed by atoms with Gasteiger partial charge in [-0.1, -0.05) is 6.92 Å². The van der Waals surface area contributed by atoms with Gasteiger partial charge in [0.05, 0.1) is 6.61 Å². The Kier molecular flexibility index (Phi) is 5.98. The highest BCUT2D eigenvalue weighted by atomic mass is 16.6. The zero-order valence-electron chi connectivity index (χ0n) is 15.2. The number of aromatic nitrogens is 4. The van der Waals surface area contributed by atoms with Gasteiger partial charge in [-0.3, -0.25) is 0 Å². The van der Waals surface area contributed by atoms with Crippen molar-refractivity contribution in [2.45, 2.75) is 19.8 Å². The third kappa shape index (κ3) is 4.35. The van der Waals surface area contributed by atoms with Gasteiger partial charge in [-0.25, -0.2) is 14.6 Å². The van der Waals surface area contributed by atoms with E-state index in [4.69, 9.17) is 9.37 Å². The highest BCUT2D eigenvalue weighted by molar-refractivity contribution is 5.73. The van der Waals surface area contributed by atoms with Gasteiger partial charge in [-0.15, -0.1) is 0 Å². The summed E-state index contributed by atoms with van der Waals surface area (Å²) in [5.74, 6) is 2.08. The smallest absolute Gasteiger partial charge is 0.245 e. The topological polar surface area (TPSA) is 92.4 Å². The molecule has 1 atom stereocenters. The van der Waals surface area contributed by atoms with Crippen LogP contribution in [0.25, 0.3) is 11.3 Å². The predicted molar refractivity (Wildman–Crippen MR) is 95.9 cm³/mol. The van der Waals surface area contributed by atoms with Gasteiger partial charge in [0.1, 0.15) is 0 Å². The molecule has 25 heavy (non-hydrogen) atoms. The lowest BCUT2D eigenvalue weighted by Gasteiger charge is -2.34. The van der Waals surface area contributed by atoms with Crippen LogP contribution in [-0.4, -0.2) is 78.7 Å². The second-order valence-electron chi connectivity index (χ2n) is 6.51. The molecule has 1 N–H and O–H groups in total. The summed E-state index contributed by atoms with van der Waals surface area (Å²) in [6, 6.07) is 0. The van der Waals surface area contributed by atoms with Crippen molar-refractivity contribution in [2.75, 3.05) is 63.7 Å². The Morgan fingerprint density at radius 2 is 2.12 bits per heavy atom. The maximum absolute atomic E-state index is 5.11. The number of piperidine rings is 1. The molecule has 0 radical (unpaired) electrons. The highest BCUT2D eigenvalue weighted by Gasteiger charge is 2.23. The molecular weight excluding hydrogens is 322 g/mol. The van der Waals surface area contributed by atoms with Crippen molar-refractivity contribution >= 4 is 22.9 Å². The van der Waals surface area contributed by atoms with Crippen LogP contribution in [0.4, 0.5) is 11.6 Å². The van der Waals surface area contributed by atoms with Crippen LogP contribution < -0.4 is 10.2 Å². The minimum atomic E-state index is 0.409. The SMILES string of the molecule is CCN1CCC[C@H](CN(C)c2nc3nonc3nc2NCCOC)C1. The zero-order chi connectivity index (χ0) is 17.6. The van der Waals surface area contributed by atoms with Gasteiger partial charge in [0.15, 0.2) is 11.6 Å². The van der Waals surface area contributed by atoms with Crippen LogP contribution in [0.3, 0.4) is 0 Å². The van der Waals surface area contributed by atoms with Gasteiger partial charge >= 0.3 is 0 Å². The molecule has 1 saturated heterocycles. The van der Waals surface area contributed by atoms with Crippen LogP contribution in [0.1, 0.15) is 19.8 Å². The zero-order valence-corrected chi connectivity index (χ0v) is 15.2. The number of ether oxygens (including phenoxy) is 1. The summed E-state index contributed by atoms with van der Waals surface area (Å²) in [6.45, 7) is 7.84. The molecule has 3 heterocycles. The fraction of sp³-hybridized carbons (Fsp3) is 0.750. The molecule has 0 spiro atoms. The Labute approximate surface area is 147 Å². The Balaban J connectivity index is 1.76. The van der Waals surface area contributed by atoms with E-state index in [1.54, 1.807) is 7.11 Å². The fourth-order valence-corrected chi connectivity index (χ4v) is 3.35. The van der Waals surface area contributed by atoms with Crippen LogP contribution >= 0.6 is 0 Å². The van der Waals surface area contributed by atoms with E-state index in [9.17, 15) is 0 Å². The molecule has 138 valence electrons. The molecule has 2 aromatic heterocycles. The molecule has 2 aromatic rings. The van der Waals surface area contributed by atoms with E-state index in [1.165, 1.54) is 19.4 Å². The number of nitrogens with zero attached hydrogens (tertiary/aromatic N) is 6. The molecule has 0 aliphatic carbocycles. The Morgan fingerprint density at radius 1 is 1.32 bits per heavy atom. The largest absolute Gasteiger partial charge is 0.383 e. The van der Waals surface area contributed by atoms with E-state index >= 15 is 0 Å². The van der Waals surface area contributed by atoms with Gasteiger partial charge in [-0.2, -0.15) is 0 Å². The molecule has 1 fully saturated rings. The summed E-state index contributed by atoms with van der Waals surface area (Å²) in [5.41, 5.74) is 0.838. The van der Waals surface area contributed by atoms with Gasteiger partial charge in [-0.05, 0) is 42.2 Å². The van der Waals surface area contributed by atoms with Crippen LogP contribution in [0.5, 0.6) is 0 Å². The number of rotatable bonds is 8. The minimum Gasteiger partial charge on any atom is -0.383 e. The summed E-state index contributed by atoms with van der Waals surface area (Å²) >= 11 is 0. The molecule has 0 saturated carbocycles. The number of hydrogen-bond acceptors (Lipinski definition) is 9. The van der Waals surface area contributed by atoms with E-state index < -0.39 is 0 Å². The van der Waals surface area contributed by atoms with E-state index in [0.717, 1.165) is 25.5 Å². The fourth-order valence-electron chi connectivity index (χ4n) is 3.35. The number of methoxy groups -OCH3 is 1. The third-order valence-electron chi connectivity index (χ3n) is 4.64. The average Bonchev–Trinajstić information content (AvgIpc) is 3.08. The number of likely N-dealkylation sites (tertiary alicyclic amines) is 1. The van der Waals surface area contributed by atoms with E-state index in [0.29, 0.717) is 36.2 Å². The molecule has 9 heteroatoms. The van der Waals surface area contributed by atoms with E-state index in [1.807, 2.05) is 0 Å². The number of nitrogens with one attached hydrogen (secondary N) is 1. The van der Waals surface area contributed by atoms with E-state index in [2.05, 4.69) is 49.4 Å². The van der Waals surface area contributed by atoms with Crippen molar-refractivity contribution in [1.82, 2.24) is 25.2 Å². The summed E-state index contributed by atoms with van der Waals surface area (Å²) in [6.07, 6.45) is 2.50. The second kappa shape index (κ2) is 8.39. The summed E-state index contributed by atoms with van der Waals surface area (Å²) < 4.78 is 9.86. The molecule has 9 nitrogen and oxygen atoms in total. The first-order chi connectivity index (χ1) is 12.2. The number of fused-ring (bicyclic) bond motifs is 1. The van der Waals surface area contributed by atoms with Gasteiger partial charge in [0.2, 0.25) is 11.3 Å². The Morgan fingerprint density at radius 3 is 2.88 bits per heavy atom. The van der Waals surface area contributed by atoms with Crippen molar-refractivity contribution < 1.29 is 9.37 Å². The van der Waals surface area contributed by atoms with Crippen molar-refractivity contribution in [2.24, 2.45) is 5.92 Å². The van der Waals surface area contributed by atoms with E-state index in [-0.39, 0.29) is 0 Å². The maximum Gasteiger partial charge on any atom is 0.245 e. The number of anilines is 2. The predicted octanol–water partition coefficient (Wildman–Crippen LogP) is 1.24. The lowest BCUT2D eigenvalue weighted by atomic mass is 9.97. The summed E-state index contributed by atoms with van der Waals surface area (Å²) in [7, 11) is 3.73. The molecule has 3 rings (SSSR count). The van der Waals surface area contributed by atoms with Gasteiger partial charge in [0.25, 0.3) is 0 Å². The monoisotopic (exact) mass is 349 g/mol. The molecule has 0 unspecified atom stereocenters. The molecule has 0 amide bonds. The van der Waals surface area contributed by atoms with Crippen LogP contribution in [0.15, 0.2) is 4.63 Å². The first-order valence-corrected chi connectivity index (χ1v) is 8.87. The van der Waals surface area contributed by atoms with Gasteiger partial charge < -0.3 is 19.9 Å². The number of hydrogen-bond donors (Lipinski definition) is 1. The maximum atomic E-state index is 5.11. The second-order valence-corrected chi connectivity index (χ2v) is 6.51. The summed E-state index contributed by atoms with van der Waals surface area (Å²) in [5, 5.41) is 10.9. The first kappa shape index (κ1) is 17.8. The average molecular weight is 349 g/mol. The lowest BCUT2D eigenvalue weighted by molar-refractivity contribution is 0.185. The van der Waals surface area contributed by atoms with Crippen LogP contribution in [-0.2, 0) is 4.74 Å². The van der Waals surface area contributed by atoms with Crippen molar-refractivity contribution in [1.29, 1.82) is 0 Å². The lowest BCUT2D eigenvalue weighted by Crippen LogP contribution is -2.40. The minimum absolute atomic E-state index is 0.409. The Bertz CT molecular complexity index is 678. The molecular formula is C16H27N7O2. The third-order valence-corrected chi connectivity index (χ3v) is 4.64. The molecule has 1 aliphatic rings. The standard InChI is InChI=1S/C16H27N7O2/c1-4-23-8-5-6-12(11-23)10-22(2)16-15(17-7-9-24-3)18-13-14(19-16)21-25-20-13/h12H,4-11H2,1-3H3,(H,17,18,20)/t12-/m1/s1. The van der Waals surface area contributed by atoms with Crippen molar-refractivity contribution in [3.63, 3.8) is 0 Å². The van der Waals surface area contributed by atoms with Crippen molar-refractivity contribution in [3.05, 3.63) is 0 Å². The quantitative estimate of drug-likeness (QED) is 0.706. The summed E-state index contributed by atoms with van der Waals surface area (Å²) in [4.78, 5) is 13.8. The molecule has 0 bridgehead atoms. The highest BCUT2D eigenvalue weighted by Crippen LogP contribution is 2.25. The van der Waals surface area contributed by atoms with Crippen LogP contribution in [0.2, 0.25) is 0 Å². The van der Waals surface area contributed by atoms with Crippen LogP contribution in [0, 0.1) is 5.92 Å². The Hall–Kier alpha value is -2.00. The van der Waals surface area contributed by atoms with Gasteiger partial charge in [0, 0.05) is 33.8 Å². The first-order valence-electron chi connectivity index (χ1n) is 8.87. The normalized spacial score (nSPS) is 18.6. The van der Waals surface area contributed by atoms with Crippen molar-refractivity contribution in [3.8, 4) is 0 Å².